The highest BCUT2D eigenvalue weighted by Crippen LogP contribution is 2.15. The van der Waals surface area contributed by atoms with E-state index >= 15 is 0 Å². The summed E-state index contributed by atoms with van der Waals surface area (Å²) < 4.78 is 8.21. The first-order valence-corrected chi connectivity index (χ1v) is 7.22. The standard InChI is InChI=1S/C14H20N4OS/c1-11(2)10-19-8-4-7-18-13(16-17-14(18)20)12-5-3-6-15-9-12/h3,5-6,9,11H,4,7-8,10H2,1-2H3,(H,17,20). The summed E-state index contributed by atoms with van der Waals surface area (Å²) in [6.45, 7) is 6.61. The van der Waals surface area contributed by atoms with Crippen molar-refractivity contribution in [3.05, 3.63) is 29.3 Å². The van der Waals surface area contributed by atoms with E-state index in [1.807, 2.05) is 16.7 Å². The molecule has 0 saturated heterocycles. The second-order valence-electron chi connectivity index (χ2n) is 5.07. The molecular formula is C14H20N4OS. The Morgan fingerprint density at radius 1 is 1.45 bits per heavy atom. The molecular weight excluding hydrogens is 272 g/mol. The highest BCUT2D eigenvalue weighted by molar-refractivity contribution is 7.71. The third-order valence-corrected chi connectivity index (χ3v) is 3.11. The maximum absolute atomic E-state index is 5.59. The first-order valence-electron chi connectivity index (χ1n) is 6.82. The number of rotatable bonds is 7. The molecule has 0 radical (unpaired) electrons. The summed E-state index contributed by atoms with van der Waals surface area (Å²) in [6.07, 6.45) is 4.44. The Kier molecular flexibility index (Phi) is 5.43. The fourth-order valence-corrected chi connectivity index (χ4v) is 2.11. The van der Waals surface area contributed by atoms with Crippen LogP contribution >= 0.6 is 12.2 Å². The maximum Gasteiger partial charge on any atom is 0.195 e. The van der Waals surface area contributed by atoms with Crippen molar-refractivity contribution in [2.24, 2.45) is 5.92 Å². The van der Waals surface area contributed by atoms with Gasteiger partial charge in [0.15, 0.2) is 10.6 Å². The number of nitrogens with zero attached hydrogens (tertiary/aromatic N) is 3. The molecule has 0 aromatic carbocycles. The van der Waals surface area contributed by atoms with Crippen molar-refractivity contribution in [2.45, 2.75) is 26.8 Å². The van der Waals surface area contributed by atoms with Gasteiger partial charge in [0.1, 0.15) is 0 Å². The molecule has 0 amide bonds. The number of hydrogen-bond donors (Lipinski definition) is 1. The Hall–Kier alpha value is -1.53. The Morgan fingerprint density at radius 2 is 2.30 bits per heavy atom. The summed E-state index contributed by atoms with van der Waals surface area (Å²) in [5, 5.41) is 7.12. The van der Waals surface area contributed by atoms with Crippen LogP contribution in [0.25, 0.3) is 11.4 Å². The van der Waals surface area contributed by atoms with Gasteiger partial charge in [-0.25, -0.2) is 0 Å². The minimum atomic E-state index is 0.567. The number of aromatic nitrogens is 4. The van der Waals surface area contributed by atoms with Gasteiger partial charge in [0, 0.05) is 37.7 Å². The molecule has 0 aliphatic carbocycles. The van der Waals surface area contributed by atoms with E-state index in [9.17, 15) is 0 Å². The van der Waals surface area contributed by atoms with Crippen LogP contribution in [0.1, 0.15) is 20.3 Å². The van der Waals surface area contributed by atoms with E-state index in [-0.39, 0.29) is 0 Å². The van der Waals surface area contributed by atoms with Crippen LogP contribution in [-0.4, -0.2) is 33.0 Å². The predicted molar refractivity (Wildman–Crippen MR) is 80.9 cm³/mol. The molecule has 0 saturated carbocycles. The van der Waals surface area contributed by atoms with Crippen LogP contribution in [0.4, 0.5) is 0 Å². The highest BCUT2D eigenvalue weighted by Gasteiger charge is 2.08. The molecule has 2 aromatic heterocycles. The average molecular weight is 292 g/mol. The van der Waals surface area contributed by atoms with Crippen LogP contribution < -0.4 is 0 Å². The van der Waals surface area contributed by atoms with Gasteiger partial charge in [0.2, 0.25) is 0 Å². The Morgan fingerprint density at radius 3 is 3.00 bits per heavy atom. The Balaban J connectivity index is 1.98. The molecule has 0 unspecified atom stereocenters. The van der Waals surface area contributed by atoms with Crippen molar-refractivity contribution < 1.29 is 4.74 Å². The molecule has 5 nitrogen and oxygen atoms in total. The topological polar surface area (TPSA) is 55.7 Å². The molecule has 0 atom stereocenters. The SMILES string of the molecule is CC(C)COCCCn1c(-c2cccnc2)n[nH]c1=S. The molecule has 108 valence electrons. The number of nitrogens with one attached hydrogen (secondary N) is 1. The van der Waals surface area contributed by atoms with E-state index in [0.29, 0.717) is 10.7 Å². The van der Waals surface area contributed by atoms with Gasteiger partial charge in [-0.05, 0) is 36.7 Å². The van der Waals surface area contributed by atoms with Gasteiger partial charge >= 0.3 is 0 Å². The summed E-state index contributed by atoms with van der Waals surface area (Å²) in [5.74, 6) is 1.39. The zero-order valence-corrected chi connectivity index (χ0v) is 12.7. The lowest BCUT2D eigenvalue weighted by Crippen LogP contribution is -2.07. The molecule has 0 spiro atoms. The van der Waals surface area contributed by atoms with Crippen molar-refractivity contribution in [3.63, 3.8) is 0 Å². The Labute approximate surface area is 124 Å². The van der Waals surface area contributed by atoms with E-state index in [2.05, 4.69) is 29.0 Å². The normalized spacial score (nSPS) is 11.2. The fourth-order valence-electron chi connectivity index (χ4n) is 1.88. The smallest absolute Gasteiger partial charge is 0.195 e. The second-order valence-corrected chi connectivity index (χ2v) is 5.45. The van der Waals surface area contributed by atoms with Crippen molar-refractivity contribution in [3.8, 4) is 11.4 Å². The van der Waals surface area contributed by atoms with Gasteiger partial charge in [0.25, 0.3) is 0 Å². The lowest BCUT2D eigenvalue weighted by atomic mass is 10.2. The van der Waals surface area contributed by atoms with Crippen molar-refractivity contribution in [1.82, 2.24) is 19.7 Å². The molecule has 0 bridgehead atoms. The summed E-state index contributed by atoms with van der Waals surface area (Å²) in [5.41, 5.74) is 0.961. The lowest BCUT2D eigenvalue weighted by molar-refractivity contribution is 0.105. The van der Waals surface area contributed by atoms with Gasteiger partial charge in [-0.1, -0.05) is 13.8 Å². The van der Waals surface area contributed by atoms with Crippen LogP contribution in [0, 0.1) is 10.7 Å². The van der Waals surface area contributed by atoms with Gasteiger partial charge in [-0.2, -0.15) is 5.10 Å². The lowest BCUT2D eigenvalue weighted by Gasteiger charge is -2.08. The van der Waals surface area contributed by atoms with Crippen molar-refractivity contribution >= 4 is 12.2 Å². The van der Waals surface area contributed by atoms with E-state index in [1.54, 1.807) is 12.4 Å². The predicted octanol–water partition coefficient (Wildman–Crippen LogP) is 3.07. The van der Waals surface area contributed by atoms with Crippen molar-refractivity contribution in [1.29, 1.82) is 0 Å². The van der Waals surface area contributed by atoms with Gasteiger partial charge in [-0.3, -0.25) is 10.1 Å². The van der Waals surface area contributed by atoms with Crippen LogP contribution in [0.5, 0.6) is 0 Å². The van der Waals surface area contributed by atoms with Gasteiger partial charge < -0.3 is 9.30 Å². The summed E-state index contributed by atoms with van der Waals surface area (Å²) in [7, 11) is 0. The van der Waals surface area contributed by atoms with Crippen molar-refractivity contribution in [2.75, 3.05) is 13.2 Å². The molecule has 1 N–H and O–H groups in total. The molecule has 6 heteroatoms. The van der Waals surface area contributed by atoms with Crippen LogP contribution in [0.15, 0.2) is 24.5 Å². The van der Waals surface area contributed by atoms with E-state index in [4.69, 9.17) is 17.0 Å². The third kappa shape index (κ3) is 3.98. The van der Waals surface area contributed by atoms with Crippen LogP contribution in [-0.2, 0) is 11.3 Å². The number of aromatic amines is 1. The summed E-state index contributed by atoms with van der Waals surface area (Å²) in [4.78, 5) is 4.11. The zero-order chi connectivity index (χ0) is 14.4. The highest BCUT2D eigenvalue weighted by atomic mass is 32.1. The number of ether oxygens (including phenoxy) is 1. The average Bonchev–Trinajstić information content (AvgIpc) is 2.80. The quantitative estimate of drug-likeness (QED) is 0.629. The van der Waals surface area contributed by atoms with E-state index in [0.717, 1.165) is 37.6 Å². The molecule has 0 aliphatic rings. The molecule has 2 heterocycles. The minimum absolute atomic E-state index is 0.567. The molecule has 2 aromatic rings. The van der Waals surface area contributed by atoms with Crippen LogP contribution in [0.3, 0.4) is 0 Å². The molecule has 0 fully saturated rings. The van der Waals surface area contributed by atoms with E-state index in [1.165, 1.54) is 0 Å². The molecule has 0 aliphatic heterocycles. The first-order chi connectivity index (χ1) is 9.68. The van der Waals surface area contributed by atoms with Crippen LogP contribution in [0.2, 0.25) is 0 Å². The monoisotopic (exact) mass is 292 g/mol. The van der Waals surface area contributed by atoms with E-state index < -0.39 is 0 Å². The minimum Gasteiger partial charge on any atom is -0.381 e. The summed E-state index contributed by atoms with van der Waals surface area (Å²) >= 11 is 5.28. The molecule has 2 rings (SSSR count). The second kappa shape index (κ2) is 7.31. The number of hydrogen-bond acceptors (Lipinski definition) is 4. The third-order valence-electron chi connectivity index (χ3n) is 2.80. The zero-order valence-electron chi connectivity index (χ0n) is 11.9. The number of pyridine rings is 1. The Bertz CT molecular complexity index is 576. The maximum atomic E-state index is 5.59. The van der Waals surface area contributed by atoms with Gasteiger partial charge in [-0.15, -0.1) is 0 Å². The number of H-pyrrole nitrogens is 1. The molecule has 20 heavy (non-hydrogen) atoms. The van der Waals surface area contributed by atoms with Gasteiger partial charge in [0.05, 0.1) is 0 Å². The largest absolute Gasteiger partial charge is 0.381 e. The fraction of sp³-hybridized carbons (Fsp3) is 0.500. The first kappa shape index (κ1) is 14.9. The summed E-state index contributed by atoms with van der Waals surface area (Å²) in [6, 6.07) is 3.87.